The molecule has 1 fully saturated rings. The number of nitrogens with zero attached hydrogens (tertiary/aromatic N) is 2. The number of aliphatic carboxylic acids is 1. The minimum absolute atomic E-state index is 0.0290. The van der Waals surface area contributed by atoms with Crippen molar-refractivity contribution < 1.29 is 19.2 Å². The van der Waals surface area contributed by atoms with Crippen molar-refractivity contribution in [2.45, 2.75) is 45.3 Å². The molecule has 1 aromatic heterocycles. The summed E-state index contributed by atoms with van der Waals surface area (Å²) in [5.74, 6) is 0.353. The van der Waals surface area contributed by atoms with Crippen molar-refractivity contribution in [1.29, 1.82) is 0 Å². The highest BCUT2D eigenvalue weighted by Crippen LogP contribution is 2.32. The number of carboxylic acids is 1. The molecule has 3 aromatic rings. The maximum atomic E-state index is 11.4. The van der Waals surface area contributed by atoms with Gasteiger partial charge in [-0.15, -0.1) is 0 Å². The first kappa shape index (κ1) is 21.2. The Morgan fingerprint density at radius 2 is 1.94 bits per heavy atom. The minimum Gasteiger partial charge on any atom is -0.489 e. The normalized spacial score (nSPS) is 18.3. The molecule has 0 bridgehead atoms. The number of benzene rings is 2. The van der Waals surface area contributed by atoms with E-state index >= 15 is 0 Å². The van der Waals surface area contributed by atoms with Gasteiger partial charge in [-0.2, -0.15) is 4.98 Å². The first-order valence-corrected chi connectivity index (χ1v) is 10.7. The Hall–Kier alpha value is -3.06. The van der Waals surface area contributed by atoms with E-state index in [2.05, 4.69) is 15.5 Å². The maximum Gasteiger partial charge on any atom is 0.308 e. The van der Waals surface area contributed by atoms with Gasteiger partial charge in [0.25, 0.3) is 5.89 Å². The van der Waals surface area contributed by atoms with Crippen molar-refractivity contribution in [3.63, 3.8) is 0 Å². The van der Waals surface area contributed by atoms with Gasteiger partial charge in [0.05, 0.1) is 17.0 Å². The molecule has 162 valence electrons. The molecule has 2 aromatic carbocycles. The lowest BCUT2D eigenvalue weighted by atomic mass is 10.0. The molecule has 1 aliphatic carbocycles. The molecule has 0 radical (unpaired) electrons. The van der Waals surface area contributed by atoms with Gasteiger partial charge in [0.1, 0.15) is 5.75 Å². The van der Waals surface area contributed by atoms with Crippen LogP contribution in [0.2, 0.25) is 5.02 Å². The number of aromatic nitrogens is 2. The maximum absolute atomic E-state index is 11.4. The number of hydrogen-bond donors (Lipinski definition) is 2. The first-order chi connectivity index (χ1) is 14.9. The quantitative estimate of drug-likeness (QED) is 0.498. The smallest absolute Gasteiger partial charge is 0.308 e. The molecule has 31 heavy (non-hydrogen) atoms. The van der Waals surface area contributed by atoms with Gasteiger partial charge in [-0.1, -0.05) is 23.2 Å². The molecule has 2 N–H and O–H groups in total. The summed E-state index contributed by atoms with van der Waals surface area (Å²) in [5.41, 5.74) is 2.38. The number of halogens is 1. The largest absolute Gasteiger partial charge is 0.489 e. The zero-order valence-electron chi connectivity index (χ0n) is 17.3. The fraction of sp³-hybridized carbons (Fsp3) is 0.348. The fourth-order valence-corrected chi connectivity index (χ4v) is 4.02. The predicted molar refractivity (Wildman–Crippen MR) is 118 cm³/mol. The van der Waals surface area contributed by atoms with E-state index in [4.69, 9.17) is 20.9 Å². The highest BCUT2D eigenvalue weighted by molar-refractivity contribution is 6.32. The van der Waals surface area contributed by atoms with E-state index in [-0.39, 0.29) is 18.1 Å². The highest BCUT2D eigenvalue weighted by Gasteiger charge is 2.32. The average Bonchev–Trinajstić information content (AvgIpc) is 3.40. The van der Waals surface area contributed by atoms with Crippen LogP contribution >= 0.6 is 11.6 Å². The summed E-state index contributed by atoms with van der Waals surface area (Å²) >= 11 is 6.31. The van der Waals surface area contributed by atoms with Crippen LogP contribution in [0, 0.1) is 5.92 Å². The molecule has 1 saturated carbocycles. The van der Waals surface area contributed by atoms with Crippen LogP contribution < -0.4 is 10.1 Å². The van der Waals surface area contributed by atoms with Crippen molar-refractivity contribution in [3.05, 3.63) is 47.5 Å². The van der Waals surface area contributed by atoms with Gasteiger partial charge in [0, 0.05) is 22.9 Å². The second-order valence-electron chi connectivity index (χ2n) is 7.94. The van der Waals surface area contributed by atoms with Crippen LogP contribution in [0.1, 0.15) is 33.1 Å². The number of anilines is 1. The molecule has 0 amide bonds. The fourth-order valence-electron chi connectivity index (χ4n) is 3.80. The molecule has 0 aliphatic heterocycles. The van der Waals surface area contributed by atoms with Crippen LogP contribution in [0.5, 0.6) is 5.75 Å². The van der Waals surface area contributed by atoms with Crippen LogP contribution in [-0.4, -0.2) is 33.4 Å². The van der Waals surface area contributed by atoms with Gasteiger partial charge < -0.3 is 19.7 Å². The SMILES string of the molecule is CC(C)Oc1ccc(-c2noc(-c3ccc(N[C@H]4CCC[C@H]4C(=O)O)cc3)n2)cc1Cl. The number of carbonyl (C=O) groups is 1. The predicted octanol–water partition coefficient (Wildman–Crippen LogP) is 5.51. The average molecular weight is 442 g/mol. The molecule has 0 spiro atoms. The first-order valence-electron chi connectivity index (χ1n) is 10.3. The molecule has 7 nitrogen and oxygen atoms in total. The Morgan fingerprint density at radius 1 is 1.19 bits per heavy atom. The minimum atomic E-state index is -0.742. The highest BCUT2D eigenvalue weighted by atomic mass is 35.5. The lowest BCUT2D eigenvalue weighted by Gasteiger charge is -2.18. The van der Waals surface area contributed by atoms with Crippen molar-refractivity contribution in [3.8, 4) is 28.6 Å². The Bertz CT molecular complexity index is 1060. The summed E-state index contributed by atoms with van der Waals surface area (Å²) in [6.45, 7) is 3.88. The zero-order valence-corrected chi connectivity index (χ0v) is 18.1. The molecule has 0 unspecified atom stereocenters. The molecule has 1 heterocycles. The van der Waals surface area contributed by atoms with Gasteiger partial charge in [-0.25, -0.2) is 0 Å². The molecule has 1 aliphatic rings. The second kappa shape index (κ2) is 8.98. The van der Waals surface area contributed by atoms with Crippen molar-refractivity contribution in [2.24, 2.45) is 5.92 Å². The molecule has 0 saturated heterocycles. The lowest BCUT2D eigenvalue weighted by Crippen LogP contribution is -2.29. The van der Waals surface area contributed by atoms with Gasteiger partial charge >= 0.3 is 5.97 Å². The molecular weight excluding hydrogens is 418 g/mol. The number of ether oxygens (including phenoxy) is 1. The van der Waals surface area contributed by atoms with E-state index in [1.165, 1.54) is 0 Å². The second-order valence-corrected chi connectivity index (χ2v) is 8.35. The van der Waals surface area contributed by atoms with E-state index in [0.29, 0.717) is 28.9 Å². The number of carboxylic acid groups (broad SMARTS) is 1. The van der Waals surface area contributed by atoms with Crippen LogP contribution in [0.4, 0.5) is 5.69 Å². The summed E-state index contributed by atoms with van der Waals surface area (Å²) < 4.78 is 11.1. The van der Waals surface area contributed by atoms with E-state index in [0.717, 1.165) is 29.7 Å². The van der Waals surface area contributed by atoms with Crippen molar-refractivity contribution >= 4 is 23.3 Å². The number of nitrogens with one attached hydrogen (secondary N) is 1. The molecule has 8 heteroatoms. The van der Waals surface area contributed by atoms with Gasteiger partial charge in [0.2, 0.25) is 5.82 Å². The molecule has 2 atom stereocenters. The Balaban J connectivity index is 1.47. The molecule has 4 rings (SSSR count). The third-order valence-corrected chi connectivity index (χ3v) is 5.59. The van der Waals surface area contributed by atoms with Gasteiger partial charge in [0.15, 0.2) is 0 Å². The summed E-state index contributed by atoms with van der Waals surface area (Å²) in [5, 5.41) is 17.2. The Labute approximate surface area is 185 Å². The third-order valence-electron chi connectivity index (χ3n) is 5.30. The summed E-state index contributed by atoms with van der Waals surface area (Å²) in [6, 6.07) is 12.9. The summed E-state index contributed by atoms with van der Waals surface area (Å²) in [4.78, 5) is 15.8. The summed E-state index contributed by atoms with van der Waals surface area (Å²) in [7, 11) is 0. The third kappa shape index (κ3) is 4.82. The van der Waals surface area contributed by atoms with Crippen LogP contribution in [0.3, 0.4) is 0 Å². The van der Waals surface area contributed by atoms with Crippen molar-refractivity contribution in [1.82, 2.24) is 10.1 Å². The standard InChI is InChI=1S/C23H24ClN3O4/c1-13(2)30-20-11-8-15(12-18(20)24)21-26-22(31-27-21)14-6-9-16(10-7-14)25-19-5-3-4-17(19)23(28)29/h6-13,17,19,25H,3-5H2,1-2H3,(H,28,29)/t17-,19+/m1/s1. The van der Waals surface area contributed by atoms with Crippen LogP contribution in [-0.2, 0) is 4.79 Å². The Morgan fingerprint density at radius 3 is 2.61 bits per heavy atom. The van der Waals surface area contributed by atoms with Gasteiger partial charge in [-0.3, -0.25) is 4.79 Å². The van der Waals surface area contributed by atoms with E-state index < -0.39 is 5.97 Å². The zero-order chi connectivity index (χ0) is 22.0. The van der Waals surface area contributed by atoms with E-state index in [1.54, 1.807) is 12.1 Å². The molecular formula is C23H24ClN3O4. The van der Waals surface area contributed by atoms with E-state index in [1.807, 2.05) is 44.2 Å². The number of rotatable bonds is 7. The van der Waals surface area contributed by atoms with E-state index in [9.17, 15) is 9.90 Å². The topological polar surface area (TPSA) is 97.5 Å². The van der Waals surface area contributed by atoms with Crippen LogP contribution in [0.25, 0.3) is 22.8 Å². The van der Waals surface area contributed by atoms with Gasteiger partial charge in [-0.05, 0) is 69.2 Å². The Kier molecular flexibility index (Phi) is 6.13. The van der Waals surface area contributed by atoms with Crippen molar-refractivity contribution in [2.75, 3.05) is 5.32 Å². The number of hydrogen-bond acceptors (Lipinski definition) is 6. The lowest BCUT2D eigenvalue weighted by molar-refractivity contribution is -0.141. The summed E-state index contributed by atoms with van der Waals surface area (Å²) in [6.07, 6.45) is 2.52. The van der Waals surface area contributed by atoms with Crippen LogP contribution in [0.15, 0.2) is 47.0 Å². The monoisotopic (exact) mass is 441 g/mol.